The van der Waals surface area contributed by atoms with E-state index in [0.717, 1.165) is 5.56 Å². The van der Waals surface area contributed by atoms with Crippen LogP contribution in [0.3, 0.4) is 0 Å². The second-order valence-corrected chi connectivity index (χ2v) is 5.42. The third kappa shape index (κ3) is 5.90. The van der Waals surface area contributed by atoms with Crippen molar-refractivity contribution in [3.8, 4) is 17.6 Å². The first kappa shape index (κ1) is 19.5. The Morgan fingerprint density at radius 3 is 2.52 bits per heavy atom. The molecule has 0 unspecified atom stereocenters. The Hall–Kier alpha value is -3.79. The SMILES string of the molecule is COc1ccc(CNC(=O)/C(C#N)=C\c2ccccc2OCC(=O)O)cc1. The molecule has 138 valence electrons. The molecule has 0 saturated carbocycles. The number of carbonyl (C=O) groups is 2. The Morgan fingerprint density at radius 2 is 1.89 bits per heavy atom. The van der Waals surface area contributed by atoms with Gasteiger partial charge in [0, 0.05) is 12.1 Å². The fourth-order valence-corrected chi connectivity index (χ4v) is 2.20. The maximum Gasteiger partial charge on any atom is 0.341 e. The van der Waals surface area contributed by atoms with E-state index in [4.69, 9.17) is 14.6 Å². The second kappa shape index (κ2) is 9.63. The number of hydrogen-bond acceptors (Lipinski definition) is 5. The van der Waals surface area contributed by atoms with Crippen molar-refractivity contribution in [3.63, 3.8) is 0 Å². The van der Waals surface area contributed by atoms with Crippen LogP contribution in [0.25, 0.3) is 6.08 Å². The third-order valence-corrected chi connectivity index (χ3v) is 3.55. The molecule has 1 amide bonds. The number of carbonyl (C=O) groups excluding carboxylic acids is 1. The van der Waals surface area contributed by atoms with Gasteiger partial charge in [-0.15, -0.1) is 0 Å². The lowest BCUT2D eigenvalue weighted by Gasteiger charge is -2.08. The molecule has 0 aromatic heterocycles. The molecule has 2 aromatic rings. The highest BCUT2D eigenvalue weighted by Crippen LogP contribution is 2.21. The molecule has 0 saturated heterocycles. The van der Waals surface area contributed by atoms with Crippen LogP contribution in [0.15, 0.2) is 54.1 Å². The normalized spacial score (nSPS) is 10.6. The lowest BCUT2D eigenvalue weighted by Crippen LogP contribution is -2.24. The number of benzene rings is 2. The Kier molecular flexibility index (Phi) is 6.97. The van der Waals surface area contributed by atoms with Gasteiger partial charge in [-0.2, -0.15) is 5.26 Å². The Labute approximate surface area is 156 Å². The van der Waals surface area contributed by atoms with E-state index in [-0.39, 0.29) is 17.9 Å². The Balaban J connectivity index is 2.09. The molecular weight excluding hydrogens is 348 g/mol. The standard InChI is InChI=1S/C20H18N2O5/c1-26-17-8-6-14(7-9-17)12-22-20(25)16(11-21)10-15-4-2-3-5-18(15)27-13-19(23)24/h2-10H,12-13H2,1H3,(H,22,25)(H,23,24)/b16-10-. The number of nitriles is 1. The number of aliphatic carboxylic acids is 1. The van der Waals surface area contributed by atoms with Crippen molar-refractivity contribution in [2.24, 2.45) is 0 Å². The molecule has 0 spiro atoms. The van der Waals surface area contributed by atoms with Crippen LogP contribution in [0.2, 0.25) is 0 Å². The van der Waals surface area contributed by atoms with Gasteiger partial charge in [-0.05, 0) is 29.8 Å². The molecule has 0 radical (unpaired) electrons. The van der Waals surface area contributed by atoms with E-state index in [0.29, 0.717) is 11.3 Å². The van der Waals surface area contributed by atoms with Gasteiger partial charge in [0.25, 0.3) is 5.91 Å². The van der Waals surface area contributed by atoms with E-state index >= 15 is 0 Å². The number of methoxy groups -OCH3 is 1. The van der Waals surface area contributed by atoms with E-state index < -0.39 is 18.5 Å². The summed E-state index contributed by atoms with van der Waals surface area (Å²) in [5.41, 5.74) is 1.18. The van der Waals surface area contributed by atoms with Crippen molar-refractivity contribution >= 4 is 18.0 Å². The Morgan fingerprint density at radius 1 is 1.19 bits per heavy atom. The molecule has 0 aliphatic carbocycles. The number of amides is 1. The average molecular weight is 366 g/mol. The van der Waals surface area contributed by atoms with Gasteiger partial charge in [-0.3, -0.25) is 4.79 Å². The molecule has 0 fully saturated rings. The molecule has 2 N–H and O–H groups in total. The zero-order valence-electron chi connectivity index (χ0n) is 14.6. The predicted molar refractivity (Wildman–Crippen MR) is 98.0 cm³/mol. The first-order chi connectivity index (χ1) is 13.0. The molecule has 0 heterocycles. The molecule has 0 aliphatic heterocycles. The van der Waals surface area contributed by atoms with Gasteiger partial charge >= 0.3 is 5.97 Å². The van der Waals surface area contributed by atoms with Crippen LogP contribution in [0, 0.1) is 11.3 Å². The van der Waals surface area contributed by atoms with Crippen LogP contribution in [0.1, 0.15) is 11.1 Å². The van der Waals surface area contributed by atoms with Crippen LogP contribution in [0.4, 0.5) is 0 Å². The van der Waals surface area contributed by atoms with Crippen LogP contribution < -0.4 is 14.8 Å². The van der Waals surface area contributed by atoms with Crippen LogP contribution in [0.5, 0.6) is 11.5 Å². The number of hydrogen-bond donors (Lipinski definition) is 2. The fourth-order valence-electron chi connectivity index (χ4n) is 2.20. The van der Waals surface area contributed by atoms with Crippen molar-refractivity contribution in [2.45, 2.75) is 6.54 Å². The van der Waals surface area contributed by atoms with Gasteiger partial charge in [0.15, 0.2) is 6.61 Å². The van der Waals surface area contributed by atoms with Crippen molar-refractivity contribution < 1.29 is 24.2 Å². The monoisotopic (exact) mass is 366 g/mol. The molecule has 0 aliphatic rings. The van der Waals surface area contributed by atoms with Crippen molar-refractivity contribution in [2.75, 3.05) is 13.7 Å². The van der Waals surface area contributed by atoms with Crippen LogP contribution in [-0.2, 0) is 16.1 Å². The molecule has 7 heteroatoms. The van der Waals surface area contributed by atoms with Crippen molar-refractivity contribution in [1.29, 1.82) is 5.26 Å². The molecule has 0 atom stereocenters. The fraction of sp³-hybridized carbons (Fsp3) is 0.150. The molecule has 2 aromatic carbocycles. The third-order valence-electron chi connectivity index (χ3n) is 3.55. The Bertz CT molecular complexity index is 882. The number of nitrogens with one attached hydrogen (secondary N) is 1. The minimum atomic E-state index is -1.12. The maximum absolute atomic E-state index is 12.3. The highest BCUT2D eigenvalue weighted by molar-refractivity contribution is 6.01. The summed E-state index contributed by atoms with van der Waals surface area (Å²) >= 11 is 0. The van der Waals surface area contributed by atoms with Gasteiger partial charge < -0.3 is 19.9 Å². The number of nitrogens with zero attached hydrogens (tertiary/aromatic N) is 1. The summed E-state index contributed by atoms with van der Waals surface area (Å²) in [6, 6.07) is 15.6. The summed E-state index contributed by atoms with van der Waals surface area (Å²) < 4.78 is 10.3. The van der Waals surface area contributed by atoms with Gasteiger partial charge in [-0.25, -0.2) is 4.79 Å². The van der Waals surface area contributed by atoms with Gasteiger partial charge in [0.2, 0.25) is 0 Å². The van der Waals surface area contributed by atoms with Crippen LogP contribution in [-0.4, -0.2) is 30.7 Å². The summed E-state index contributed by atoms with van der Waals surface area (Å²) in [6.45, 7) is -0.268. The zero-order valence-corrected chi connectivity index (χ0v) is 14.6. The first-order valence-corrected chi connectivity index (χ1v) is 8.00. The summed E-state index contributed by atoms with van der Waals surface area (Å²) in [7, 11) is 1.57. The van der Waals surface area contributed by atoms with E-state index in [9.17, 15) is 14.9 Å². The topological polar surface area (TPSA) is 109 Å². The first-order valence-electron chi connectivity index (χ1n) is 8.00. The van der Waals surface area contributed by atoms with Crippen molar-refractivity contribution in [3.05, 3.63) is 65.2 Å². The number of carboxylic acids is 1. The average Bonchev–Trinajstić information content (AvgIpc) is 2.69. The summed E-state index contributed by atoms with van der Waals surface area (Å²) in [5, 5.41) is 20.7. The van der Waals surface area contributed by atoms with Crippen LogP contribution >= 0.6 is 0 Å². The minimum Gasteiger partial charge on any atom is -0.497 e. The van der Waals surface area contributed by atoms with Gasteiger partial charge in [0.05, 0.1) is 7.11 Å². The van der Waals surface area contributed by atoms with Gasteiger partial charge in [-0.1, -0.05) is 30.3 Å². The predicted octanol–water partition coefficient (Wildman–Crippen LogP) is 2.38. The zero-order chi connectivity index (χ0) is 19.6. The lowest BCUT2D eigenvalue weighted by molar-refractivity contribution is -0.139. The summed E-state index contributed by atoms with van der Waals surface area (Å²) in [6.07, 6.45) is 1.36. The molecule has 2 rings (SSSR count). The van der Waals surface area contributed by atoms with Crippen molar-refractivity contribution in [1.82, 2.24) is 5.32 Å². The quantitative estimate of drug-likeness (QED) is 0.548. The molecule has 7 nitrogen and oxygen atoms in total. The maximum atomic E-state index is 12.3. The number of rotatable bonds is 8. The number of carboxylic acid groups (broad SMARTS) is 1. The van der Waals surface area contributed by atoms with E-state index in [1.807, 2.05) is 18.2 Å². The lowest BCUT2D eigenvalue weighted by atomic mass is 10.1. The highest BCUT2D eigenvalue weighted by Gasteiger charge is 2.11. The second-order valence-electron chi connectivity index (χ2n) is 5.42. The van der Waals surface area contributed by atoms with E-state index in [2.05, 4.69) is 5.32 Å². The molecule has 0 bridgehead atoms. The highest BCUT2D eigenvalue weighted by atomic mass is 16.5. The molecular formula is C20H18N2O5. The van der Waals surface area contributed by atoms with E-state index in [1.165, 1.54) is 6.08 Å². The minimum absolute atomic E-state index is 0.116. The van der Waals surface area contributed by atoms with E-state index in [1.54, 1.807) is 43.5 Å². The van der Waals surface area contributed by atoms with Gasteiger partial charge in [0.1, 0.15) is 23.1 Å². The summed E-state index contributed by atoms with van der Waals surface area (Å²) in [5.74, 6) is -0.677. The number of para-hydroxylation sites is 1. The number of ether oxygens (including phenoxy) is 2. The summed E-state index contributed by atoms with van der Waals surface area (Å²) in [4.78, 5) is 23.0. The molecule has 27 heavy (non-hydrogen) atoms. The largest absolute Gasteiger partial charge is 0.497 e. The smallest absolute Gasteiger partial charge is 0.341 e.